The van der Waals surface area contributed by atoms with Crippen LogP contribution in [0, 0.1) is 5.41 Å². The molecule has 0 aromatic heterocycles. The Morgan fingerprint density at radius 1 is 1.17 bits per heavy atom. The van der Waals surface area contributed by atoms with E-state index < -0.39 is 0 Å². The van der Waals surface area contributed by atoms with Crippen molar-refractivity contribution in [3.8, 4) is 0 Å². The molecule has 0 bridgehead atoms. The van der Waals surface area contributed by atoms with E-state index in [1.165, 1.54) is 5.56 Å². The van der Waals surface area contributed by atoms with Gasteiger partial charge in [0.15, 0.2) is 0 Å². The lowest BCUT2D eigenvalue weighted by Crippen LogP contribution is -2.10. The number of hydrogen-bond acceptors (Lipinski definition) is 1. The minimum atomic E-state index is 0.315. The molecule has 0 unspecified atom stereocenters. The van der Waals surface area contributed by atoms with E-state index in [0.717, 1.165) is 12.1 Å². The van der Waals surface area contributed by atoms with Gasteiger partial charge >= 0.3 is 0 Å². The normalized spacial score (nSPS) is 11.6. The average molecular weight is 163 g/mol. The second-order valence-corrected chi connectivity index (χ2v) is 4.44. The molecule has 1 rings (SSSR count). The summed E-state index contributed by atoms with van der Waals surface area (Å²) >= 11 is 0. The predicted molar refractivity (Wildman–Crippen MR) is 54.0 cm³/mol. The van der Waals surface area contributed by atoms with Crippen LogP contribution >= 0.6 is 0 Å². The summed E-state index contributed by atoms with van der Waals surface area (Å²) in [4.78, 5) is 0. The maximum Gasteiger partial charge on any atom is 0.0346 e. The Morgan fingerprint density at radius 2 is 1.75 bits per heavy atom. The molecular formula is C11H17N. The maximum absolute atomic E-state index is 5.83. The quantitative estimate of drug-likeness (QED) is 0.633. The highest BCUT2D eigenvalue weighted by Gasteiger charge is 2.12. The largest absolute Gasteiger partial charge is 0.399 e. The van der Waals surface area contributed by atoms with Crippen LogP contribution in [0.3, 0.4) is 0 Å². The lowest BCUT2D eigenvalue weighted by molar-refractivity contribution is 0.412. The smallest absolute Gasteiger partial charge is 0.0346 e. The molecule has 12 heavy (non-hydrogen) atoms. The molecule has 0 aliphatic carbocycles. The lowest BCUT2D eigenvalue weighted by Gasteiger charge is -2.19. The van der Waals surface area contributed by atoms with Gasteiger partial charge < -0.3 is 5.73 Å². The topological polar surface area (TPSA) is 26.0 Å². The van der Waals surface area contributed by atoms with Gasteiger partial charge in [-0.1, -0.05) is 39.0 Å². The van der Waals surface area contributed by atoms with E-state index in [1.807, 2.05) is 18.2 Å². The van der Waals surface area contributed by atoms with Gasteiger partial charge in [-0.2, -0.15) is 0 Å². The average Bonchev–Trinajstić information content (AvgIpc) is 1.91. The molecule has 0 radical (unpaired) electrons. The predicted octanol–water partition coefficient (Wildman–Crippen LogP) is 2.86. The Balaban J connectivity index is 2.83. The molecule has 0 fully saturated rings. The van der Waals surface area contributed by atoms with Gasteiger partial charge in [-0.3, -0.25) is 0 Å². The molecule has 0 heterocycles. The first-order valence-electron chi connectivity index (χ1n) is 4.32. The van der Waals surface area contributed by atoms with Crippen molar-refractivity contribution >= 4 is 5.69 Å². The fourth-order valence-corrected chi connectivity index (χ4v) is 1.27. The molecule has 1 aromatic rings. The summed E-state index contributed by atoms with van der Waals surface area (Å²) in [5.74, 6) is 0. The zero-order chi connectivity index (χ0) is 9.19. The molecule has 1 nitrogen and oxygen atoms in total. The number of nitrogens with two attached hydrogens (primary N) is 1. The summed E-state index contributed by atoms with van der Waals surface area (Å²) in [5.41, 5.74) is 8.31. The molecule has 66 valence electrons. The first-order valence-corrected chi connectivity index (χ1v) is 4.32. The summed E-state index contributed by atoms with van der Waals surface area (Å²) in [5, 5.41) is 0. The van der Waals surface area contributed by atoms with Crippen molar-refractivity contribution in [2.24, 2.45) is 5.41 Å². The molecule has 0 saturated heterocycles. The number of anilines is 1. The van der Waals surface area contributed by atoms with Crippen LogP contribution in [0.15, 0.2) is 24.3 Å². The van der Waals surface area contributed by atoms with Crippen molar-refractivity contribution in [2.75, 3.05) is 5.73 Å². The second-order valence-electron chi connectivity index (χ2n) is 4.44. The van der Waals surface area contributed by atoms with Crippen LogP contribution in [0.4, 0.5) is 5.69 Å². The molecule has 0 amide bonds. The van der Waals surface area contributed by atoms with Crippen molar-refractivity contribution in [2.45, 2.75) is 27.2 Å². The zero-order valence-corrected chi connectivity index (χ0v) is 8.09. The minimum absolute atomic E-state index is 0.315. The number of nitrogen functional groups attached to an aromatic ring is 1. The highest BCUT2D eigenvalue weighted by molar-refractivity contribution is 5.46. The van der Waals surface area contributed by atoms with Crippen LogP contribution in [-0.4, -0.2) is 0 Å². The van der Waals surface area contributed by atoms with Crippen LogP contribution in [-0.2, 0) is 6.42 Å². The minimum Gasteiger partial charge on any atom is -0.399 e. The molecule has 0 aliphatic heterocycles. The van der Waals surface area contributed by atoms with Crippen molar-refractivity contribution in [1.82, 2.24) is 0 Å². The fraction of sp³-hybridized carbons (Fsp3) is 0.455. The van der Waals surface area contributed by atoms with Crippen LogP contribution in [0.5, 0.6) is 0 Å². The third kappa shape index (κ3) is 2.57. The van der Waals surface area contributed by atoms with E-state index in [1.54, 1.807) is 0 Å². The molecule has 0 saturated carbocycles. The molecule has 0 aliphatic rings. The van der Waals surface area contributed by atoms with Crippen molar-refractivity contribution in [1.29, 1.82) is 0 Å². The van der Waals surface area contributed by atoms with Gasteiger partial charge in [-0.25, -0.2) is 0 Å². The Kier molecular flexibility index (Phi) is 2.41. The van der Waals surface area contributed by atoms with Gasteiger partial charge in [-0.05, 0) is 23.5 Å². The van der Waals surface area contributed by atoms with Crippen molar-refractivity contribution in [3.63, 3.8) is 0 Å². The fourth-order valence-electron chi connectivity index (χ4n) is 1.27. The van der Waals surface area contributed by atoms with Crippen LogP contribution in [0.2, 0.25) is 0 Å². The van der Waals surface area contributed by atoms with E-state index in [-0.39, 0.29) is 0 Å². The molecule has 0 spiro atoms. The Morgan fingerprint density at radius 3 is 2.25 bits per heavy atom. The summed E-state index contributed by atoms with van der Waals surface area (Å²) in [6.07, 6.45) is 1.04. The highest BCUT2D eigenvalue weighted by atomic mass is 14.6. The van der Waals surface area contributed by atoms with Gasteiger partial charge in [0.2, 0.25) is 0 Å². The summed E-state index contributed by atoms with van der Waals surface area (Å²) < 4.78 is 0. The molecule has 2 N–H and O–H groups in total. The van der Waals surface area contributed by atoms with Crippen LogP contribution in [0.1, 0.15) is 26.3 Å². The first-order chi connectivity index (χ1) is 5.49. The van der Waals surface area contributed by atoms with Gasteiger partial charge in [0.1, 0.15) is 0 Å². The number of rotatable bonds is 1. The third-order valence-electron chi connectivity index (χ3n) is 1.78. The van der Waals surface area contributed by atoms with E-state index >= 15 is 0 Å². The SMILES string of the molecule is CC(C)(C)Cc1ccccc1N. The standard InChI is InChI=1S/C11H17N/c1-11(2,3)8-9-6-4-5-7-10(9)12/h4-7H,8,12H2,1-3H3. The summed E-state index contributed by atoms with van der Waals surface area (Å²) in [7, 11) is 0. The van der Waals surface area contributed by atoms with E-state index in [9.17, 15) is 0 Å². The van der Waals surface area contributed by atoms with Crippen molar-refractivity contribution < 1.29 is 0 Å². The van der Waals surface area contributed by atoms with E-state index in [2.05, 4.69) is 26.8 Å². The summed E-state index contributed by atoms with van der Waals surface area (Å²) in [6.45, 7) is 6.66. The maximum atomic E-state index is 5.83. The van der Waals surface area contributed by atoms with E-state index in [0.29, 0.717) is 5.41 Å². The molecule has 1 heteroatoms. The number of benzene rings is 1. The first kappa shape index (κ1) is 9.11. The second kappa shape index (κ2) is 3.18. The molecule has 0 atom stereocenters. The third-order valence-corrected chi connectivity index (χ3v) is 1.78. The number of para-hydroxylation sites is 1. The Hall–Kier alpha value is -0.980. The monoisotopic (exact) mass is 163 g/mol. The molecule has 1 aromatic carbocycles. The Bertz CT molecular complexity index is 258. The van der Waals surface area contributed by atoms with E-state index in [4.69, 9.17) is 5.73 Å². The van der Waals surface area contributed by atoms with Crippen LogP contribution in [0.25, 0.3) is 0 Å². The highest BCUT2D eigenvalue weighted by Crippen LogP contribution is 2.23. The molecular weight excluding hydrogens is 146 g/mol. The number of hydrogen-bond donors (Lipinski definition) is 1. The van der Waals surface area contributed by atoms with Crippen molar-refractivity contribution in [3.05, 3.63) is 29.8 Å². The summed E-state index contributed by atoms with van der Waals surface area (Å²) in [6, 6.07) is 8.07. The van der Waals surface area contributed by atoms with Crippen LogP contribution < -0.4 is 5.73 Å². The van der Waals surface area contributed by atoms with Gasteiger partial charge in [0.05, 0.1) is 0 Å². The zero-order valence-electron chi connectivity index (χ0n) is 8.09. The Labute approximate surface area is 74.6 Å². The lowest BCUT2D eigenvalue weighted by atomic mass is 9.87. The van der Waals surface area contributed by atoms with Gasteiger partial charge in [0.25, 0.3) is 0 Å². The van der Waals surface area contributed by atoms with Gasteiger partial charge in [-0.15, -0.1) is 0 Å². The van der Waals surface area contributed by atoms with Gasteiger partial charge in [0, 0.05) is 5.69 Å².